The van der Waals surface area contributed by atoms with Crippen LogP contribution in [0.25, 0.3) is 22.3 Å². The van der Waals surface area contributed by atoms with Crippen molar-refractivity contribution in [2.24, 2.45) is 0 Å². The molecule has 0 aliphatic heterocycles. The van der Waals surface area contributed by atoms with Crippen LogP contribution in [0.1, 0.15) is 18.1 Å². The van der Waals surface area contributed by atoms with Crippen molar-refractivity contribution in [2.45, 2.75) is 20.3 Å². The van der Waals surface area contributed by atoms with Crippen molar-refractivity contribution in [3.63, 3.8) is 0 Å². The van der Waals surface area contributed by atoms with Gasteiger partial charge in [0.05, 0.1) is 11.1 Å². The van der Waals surface area contributed by atoms with Crippen LogP contribution in [-0.4, -0.2) is 9.97 Å². The zero-order valence-corrected chi connectivity index (χ0v) is 12.6. The molecule has 2 aromatic carbocycles. The first-order valence-corrected chi connectivity index (χ1v) is 7.19. The van der Waals surface area contributed by atoms with Gasteiger partial charge in [-0.3, -0.25) is 0 Å². The summed E-state index contributed by atoms with van der Waals surface area (Å²) in [7, 11) is 0. The van der Waals surface area contributed by atoms with Gasteiger partial charge in [-0.15, -0.1) is 0 Å². The minimum absolute atomic E-state index is 0.325. The molecule has 0 spiro atoms. The first-order chi connectivity index (χ1) is 10.1. The largest absolute Gasteiger partial charge is 0.227 e. The zero-order chi connectivity index (χ0) is 15.0. The highest BCUT2D eigenvalue weighted by atomic mass is 35.5. The fourth-order valence-corrected chi connectivity index (χ4v) is 2.61. The Bertz CT molecular complexity index is 830. The summed E-state index contributed by atoms with van der Waals surface area (Å²) < 4.78 is 14.1. The van der Waals surface area contributed by atoms with E-state index in [0.717, 1.165) is 28.5 Å². The van der Waals surface area contributed by atoms with Crippen LogP contribution in [0.4, 0.5) is 4.39 Å². The summed E-state index contributed by atoms with van der Waals surface area (Å²) in [6.07, 6.45) is 0.834. The molecule has 0 fully saturated rings. The van der Waals surface area contributed by atoms with Crippen molar-refractivity contribution in [3.8, 4) is 11.4 Å². The van der Waals surface area contributed by atoms with E-state index in [-0.39, 0.29) is 5.82 Å². The summed E-state index contributed by atoms with van der Waals surface area (Å²) in [6, 6.07) is 10.8. The SMILES string of the molecule is CCc1cccc2c(Cl)nc(-c3ccc(C)cc3F)nc12. The summed E-state index contributed by atoms with van der Waals surface area (Å²) in [4.78, 5) is 8.78. The maximum atomic E-state index is 14.1. The Morgan fingerprint density at radius 1 is 1.14 bits per heavy atom. The van der Waals surface area contributed by atoms with E-state index < -0.39 is 0 Å². The third-order valence-corrected chi connectivity index (χ3v) is 3.80. The molecule has 0 saturated carbocycles. The van der Waals surface area contributed by atoms with E-state index in [1.165, 1.54) is 6.07 Å². The Hall–Kier alpha value is -2.00. The van der Waals surface area contributed by atoms with Gasteiger partial charge in [0.2, 0.25) is 0 Å². The van der Waals surface area contributed by atoms with Crippen molar-refractivity contribution in [1.82, 2.24) is 9.97 Å². The van der Waals surface area contributed by atoms with Crippen molar-refractivity contribution in [1.29, 1.82) is 0 Å². The number of fused-ring (bicyclic) bond motifs is 1. The molecule has 1 aromatic heterocycles. The monoisotopic (exact) mass is 300 g/mol. The molecule has 3 aromatic rings. The van der Waals surface area contributed by atoms with Crippen molar-refractivity contribution >= 4 is 22.5 Å². The van der Waals surface area contributed by atoms with E-state index in [1.807, 2.05) is 31.2 Å². The molecule has 4 heteroatoms. The van der Waals surface area contributed by atoms with E-state index in [2.05, 4.69) is 16.9 Å². The van der Waals surface area contributed by atoms with E-state index in [4.69, 9.17) is 11.6 Å². The quantitative estimate of drug-likeness (QED) is 0.625. The molecule has 3 rings (SSSR count). The number of nitrogens with zero attached hydrogens (tertiary/aromatic N) is 2. The normalized spacial score (nSPS) is 11.0. The molecule has 0 aliphatic rings. The van der Waals surface area contributed by atoms with Gasteiger partial charge in [0, 0.05) is 5.39 Å². The lowest BCUT2D eigenvalue weighted by atomic mass is 10.1. The van der Waals surface area contributed by atoms with Crippen LogP contribution in [0, 0.1) is 12.7 Å². The average molecular weight is 301 g/mol. The molecule has 0 atom stereocenters. The van der Waals surface area contributed by atoms with Crippen LogP contribution >= 0.6 is 11.6 Å². The third kappa shape index (κ3) is 2.49. The number of aromatic nitrogens is 2. The molecule has 0 aliphatic carbocycles. The van der Waals surface area contributed by atoms with Gasteiger partial charge in [0.15, 0.2) is 5.82 Å². The van der Waals surface area contributed by atoms with Gasteiger partial charge in [-0.2, -0.15) is 0 Å². The third-order valence-electron chi connectivity index (χ3n) is 3.51. The van der Waals surface area contributed by atoms with E-state index >= 15 is 0 Å². The molecule has 0 radical (unpaired) electrons. The first-order valence-electron chi connectivity index (χ1n) is 6.82. The highest BCUT2D eigenvalue weighted by molar-refractivity contribution is 6.34. The van der Waals surface area contributed by atoms with Gasteiger partial charge < -0.3 is 0 Å². The summed E-state index contributed by atoms with van der Waals surface area (Å²) in [5.41, 5.74) is 3.09. The summed E-state index contributed by atoms with van der Waals surface area (Å²) in [5.74, 6) is -0.00898. The number of benzene rings is 2. The van der Waals surface area contributed by atoms with E-state index in [9.17, 15) is 4.39 Å². The van der Waals surface area contributed by atoms with Gasteiger partial charge in [-0.25, -0.2) is 14.4 Å². The van der Waals surface area contributed by atoms with Gasteiger partial charge >= 0.3 is 0 Å². The molecule has 0 bridgehead atoms. The average Bonchev–Trinajstić information content (AvgIpc) is 2.46. The fourth-order valence-electron chi connectivity index (χ4n) is 2.38. The Kier molecular flexibility index (Phi) is 3.60. The lowest BCUT2D eigenvalue weighted by Crippen LogP contribution is -1.97. The Morgan fingerprint density at radius 2 is 1.95 bits per heavy atom. The van der Waals surface area contributed by atoms with Gasteiger partial charge in [0.1, 0.15) is 11.0 Å². The Morgan fingerprint density at radius 3 is 2.67 bits per heavy atom. The standard InChI is InChI=1S/C17H14ClFN2/c1-3-11-5-4-6-13-15(11)20-17(21-16(13)18)12-8-7-10(2)9-14(12)19/h4-9H,3H2,1-2H3. The number of halogens is 2. The van der Waals surface area contributed by atoms with Crippen LogP contribution in [0.5, 0.6) is 0 Å². The smallest absolute Gasteiger partial charge is 0.164 e. The van der Waals surface area contributed by atoms with Crippen LogP contribution in [-0.2, 0) is 6.42 Å². The molecule has 0 amide bonds. The molecule has 0 N–H and O–H groups in total. The second-order valence-corrected chi connectivity index (χ2v) is 5.35. The number of hydrogen-bond donors (Lipinski definition) is 0. The van der Waals surface area contributed by atoms with Crippen LogP contribution < -0.4 is 0 Å². The van der Waals surface area contributed by atoms with Gasteiger partial charge in [-0.1, -0.05) is 36.7 Å². The molecule has 1 heterocycles. The molecule has 21 heavy (non-hydrogen) atoms. The van der Waals surface area contributed by atoms with Crippen molar-refractivity contribution < 1.29 is 4.39 Å². The first kappa shape index (κ1) is 14.0. The van der Waals surface area contributed by atoms with Crippen LogP contribution in [0.15, 0.2) is 36.4 Å². The van der Waals surface area contributed by atoms with E-state index in [1.54, 1.807) is 6.07 Å². The number of para-hydroxylation sites is 1. The lowest BCUT2D eigenvalue weighted by molar-refractivity contribution is 0.629. The molecule has 0 saturated heterocycles. The summed E-state index contributed by atoms with van der Waals surface area (Å²) in [5, 5.41) is 1.15. The molecular formula is C17H14ClFN2. The minimum atomic E-state index is -0.334. The predicted molar refractivity (Wildman–Crippen MR) is 84.1 cm³/mol. The summed E-state index contributed by atoms with van der Waals surface area (Å²) >= 11 is 6.25. The number of rotatable bonds is 2. The minimum Gasteiger partial charge on any atom is -0.227 e. The number of hydrogen-bond acceptors (Lipinski definition) is 2. The topological polar surface area (TPSA) is 25.8 Å². The van der Waals surface area contributed by atoms with Crippen molar-refractivity contribution in [3.05, 3.63) is 58.5 Å². The molecule has 2 nitrogen and oxygen atoms in total. The maximum absolute atomic E-state index is 14.1. The summed E-state index contributed by atoms with van der Waals surface area (Å²) in [6.45, 7) is 3.90. The van der Waals surface area contributed by atoms with E-state index in [0.29, 0.717) is 16.5 Å². The fraction of sp³-hybridized carbons (Fsp3) is 0.176. The van der Waals surface area contributed by atoms with Gasteiger partial charge in [0.25, 0.3) is 0 Å². The van der Waals surface area contributed by atoms with Crippen LogP contribution in [0.3, 0.4) is 0 Å². The van der Waals surface area contributed by atoms with Crippen LogP contribution in [0.2, 0.25) is 5.15 Å². The lowest BCUT2D eigenvalue weighted by Gasteiger charge is -2.08. The highest BCUT2D eigenvalue weighted by Crippen LogP contribution is 2.28. The second kappa shape index (κ2) is 5.41. The van der Waals surface area contributed by atoms with Crippen molar-refractivity contribution in [2.75, 3.05) is 0 Å². The zero-order valence-electron chi connectivity index (χ0n) is 11.8. The number of aryl methyl sites for hydroxylation is 2. The second-order valence-electron chi connectivity index (χ2n) is 4.99. The molecule has 0 unspecified atom stereocenters. The molecule has 106 valence electrons. The Labute approximate surface area is 127 Å². The Balaban J connectivity index is 2.29. The molecular weight excluding hydrogens is 287 g/mol. The van der Waals surface area contributed by atoms with Gasteiger partial charge in [-0.05, 0) is 42.7 Å². The maximum Gasteiger partial charge on any atom is 0.164 e. The highest BCUT2D eigenvalue weighted by Gasteiger charge is 2.13. The predicted octanol–water partition coefficient (Wildman–Crippen LogP) is 4.96.